The number of halogens is 2. The number of nitrogens with zero attached hydrogens (tertiary/aromatic N) is 2. The molecule has 0 unspecified atom stereocenters. The molecule has 6 nitrogen and oxygen atoms in total. The molecule has 2 saturated heterocycles. The Morgan fingerprint density at radius 2 is 1.80 bits per heavy atom. The maximum Gasteiger partial charge on any atom is 0.252 e. The number of benzene rings is 1. The zero-order valence-electron chi connectivity index (χ0n) is 16.2. The van der Waals surface area contributed by atoms with Gasteiger partial charge in [-0.2, -0.15) is 4.31 Å². The van der Waals surface area contributed by atoms with Crippen molar-refractivity contribution in [3.63, 3.8) is 0 Å². The second-order valence-electron chi connectivity index (χ2n) is 7.46. The van der Waals surface area contributed by atoms with Crippen molar-refractivity contribution in [1.82, 2.24) is 9.21 Å². The predicted octanol–water partition coefficient (Wildman–Crippen LogP) is 3.12. The maximum atomic E-state index is 13.9. The molecule has 1 amide bonds. The van der Waals surface area contributed by atoms with Crippen molar-refractivity contribution in [3.8, 4) is 0 Å². The summed E-state index contributed by atoms with van der Waals surface area (Å²) in [5, 5.41) is 0. The van der Waals surface area contributed by atoms with Gasteiger partial charge in [0.1, 0.15) is 10.0 Å². The molecule has 0 bridgehead atoms. The molecule has 3 heterocycles. The third-order valence-electron chi connectivity index (χ3n) is 5.80. The van der Waals surface area contributed by atoms with Crippen molar-refractivity contribution < 1.29 is 22.3 Å². The van der Waals surface area contributed by atoms with Crippen molar-refractivity contribution in [2.45, 2.75) is 22.5 Å². The number of piperazine rings is 1. The van der Waals surface area contributed by atoms with Gasteiger partial charge in [-0.1, -0.05) is 23.7 Å². The van der Waals surface area contributed by atoms with E-state index in [9.17, 15) is 17.6 Å². The van der Waals surface area contributed by atoms with Gasteiger partial charge in [-0.05, 0) is 42.7 Å². The highest BCUT2D eigenvalue weighted by Gasteiger charge is 2.45. The Hall–Kier alpha value is -1.52. The Bertz CT molecular complexity index is 1030. The number of hydrogen-bond donors (Lipinski definition) is 0. The molecule has 0 radical (unpaired) electrons. The van der Waals surface area contributed by atoms with E-state index in [0.29, 0.717) is 36.0 Å². The number of carbonyl (C=O) groups is 1. The van der Waals surface area contributed by atoms with E-state index in [1.807, 2.05) is 0 Å². The summed E-state index contributed by atoms with van der Waals surface area (Å²) < 4.78 is 47.0. The van der Waals surface area contributed by atoms with Gasteiger partial charge in [-0.15, -0.1) is 11.3 Å². The van der Waals surface area contributed by atoms with Crippen LogP contribution in [0, 0.1) is 5.82 Å². The number of carbonyl (C=O) groups excluding carboxylic acids is 1. The van der Waals surface area contributed by atoms with Crippen molar-refractivity contribution in [2.75, 3.05) is 39.4 Å². The van der Waals surface area contributed by atoms with E-state index in [1.165, 1.54) is 22.5 Å². The van der Waals surface area contributed by atoms with Crippen LogP contribution in [0.3, 0.4) is 0 Å². The lowest BCUT2D eigenvalue weighted by molar-refractivity contribution is -0.142. The summed E-state index contributed by atoms with van der Waals surface area (Å²) in [6, 6.07) is 9.25. The van der Waals surface area contributed by atoms with Gasteiger partial charge in [0.25, 0.3) is 10.0 Å². The van der Waals surface area contributed by atoms with Gasteiger partial charge in [0, 0.05) is 39.4 Å². The highest BCUT2D eigenvalue weighted by atomic mass is 35.5. The first-order chi connectivity index (χ1) is 14.3. The van der Waals surface area contributed by atoms with Gasteiger partial charge >= 0.3 is 0 Å². The second-order valence-corrected chi connectivity index (χ2v) is 11.3. The number of thiophene rings is 1. The van der Waals surface area contributed by atoms with Crippen molar-refractivity contribution in [1.29, 1.82) is 0 Å². The third kappa shape index (κ3) is 4.01. The predicted molar refractivity (Wildman–Crippen MR) is 113 cm³/mol. The minimum atomic E-state index is -3.63. The van der Waals surface area contributed by atoms with Gasteiger partial charge in [0.2, 0.25) is 5.91 Å². The molecule has 0 N–H and O–H groups in total. The normalized spacial score (nSPS) is 20.3. The van der Waals surface area contributed by atoms with E-state index < -0.39 is 15.4 Å². The number of amides is 1. The monoisotopic (exact) mass is 472 g/mol. The molecule has 1 aromatic heterocycles. The van der Waals surface area contributed by atoms with Crippen molar-refractivity contribution >= 4 is 38.9 Å². The Morgan fingerprint density at radius 1 is 1.10 bits per heavy atom. The molecule has 1 aromatic carbocycles. The second kappa shape index (κ2) is 8.55. The van der Waals surface area contributed by atoms with Crippen LogP contribution in [0.1, 0.15) is 18.4 Å². The summed E-state index contributed by atoms with van der Waals surface area (Å²) in [4.78, 5) is 15.3. The zero-order chi connectivity index (χ0) is 21.4. The Morgan fingerprint density at radius 3 is 2.40 bits per heavy atom. The Balaban J connectivity index is 1.52. The van der Waals surface area contributed by atoms with Crippen LogP contribution >= 0.6 is 22.9 Å². The summed E-state index contributed by atoms with van der Waals surface area (Å²) >= 11 is 6.91. The summed E-state index contributed by atoms with van der Waals surface area (Å²) in [5.41, 5.74) is -0.193. The molecular formula is C20H22ClFN2O4S2. The summed E-state index contributed by atoms with van der Waals surface area (Å²) in [5.74, 6) is -0.468. The Kier molecular flexibility index (Phi) is 6.18. The van der Waals surface area contributed by atoms with Gasteiger partial charge in [-0.3, -0.25) is 4.79 Å². The fourth-order valence-corrected chi connectivity index (χ4v) is 7.19. The van der Waals surface area contributed by atoms with Crippen molar-refractivity contribution in [2.24, 2.45) is 0 Å². The van der Waals surface area contributed by atoms with Crippen LogP contribution in [-0.4, -0.2) is 62.9 Å². The standard InChI is InChI=1S/C20H22ClFN2O4S2/c21-17-4-5-18(29-17)30(26,27)24-10-8-23(9-11-24)19(25)20(6-12-28-13-7-20)15-2-1-3-16(22)14-15/h1-5,14H,6-13H2. The van der Waals surface area contributed by atoms with E-state index in [-0.39, 0.29) is 42.1 Å². The van der Waals surface area contributed by atoms with Crippen LogP contribution < -0.4 is 0 Å². The lowest BCUT2D eigenvalue weighted by atomic mass is 9.73. The van der Waals surface area contributed by atoms with E-state index in [2.05, 4.69) is 0 Å². The quantitative estimate of drug-likeness (QED) is 0.685. The van der Waals surface area contributed by atoms with E-state index in [1.54, 1.807) is 23.1 Å². The molecule has 0 saturated carbocycles. The van der Waals surface area contributed by atoms with Crippen LogP contribution in [0.25, 0.3) is 0 Å². The number of sulfonamides is 1. The highest BCUT2D eigenvalue weighted by Crippen LogP contribution is 2.38. The lowest BCUT2D eigenvalue weighted by Gasteiger charge is -2.42. The smallest absolute Gasteiger partial charge is 0.252 e. The lowest BCUT2D eigenvalue weighted by Crippen LogP contribution is -2.56. The average Bonchev–Trinajstić information content (AvgIpc) is 3.21. The van der Waals surface area contributed by atoms with Crippen LogP contribution in [-0.2, 0) is 25.0 Å². The van der Waals surface area contributed by atoms with Gasteiger partial charge in [0.15, 0.2) is 0 Å². The SMILES string of the molecule is O=C(N1CCN(S(=O)(=O)c2ccc(Cl)s2)CC1)C1(c2cccc(F)c2)CCOCC1. The average molecular weight is 473 g/mol. The first kappa shape index (κ1) is 21.7. The number of hydrogen-bond acceptors (Lipinski definition) is 5. The van der Waals surface area contributed by atoms with Gasteiger partial charge in [-0.25, -0.2) is 12.8 Å². The van der Waals surface area contributed by atoms with Gasteiger partial charge in [0.05, 0.1) is 9.75 Å². The Labute approximate surface area is 184 Å². The largest absolute Gasteiger partial charge is 0.381 e. The molecule has 2 aromatic rings. The van der Waals surface area contributed by atoms with Crippen LogP contribution in [0.5, 0.6) is 0 Å². The first-order valence-corrected chi connectivity index (χ1v) is 12.3. The first-order valence-electron chi connectivity index (χ1n) is 9.72. The van der Waals surface area contributed by atoms with Crippen LogP contribution in [0.4, 0.5) is 4.39 Å². The molecule has 4 rings (SSSR count). The molecule has 0 aliphatic carbocycles. The minimum Gasteiger partial charge on any atom is -0.381 e. The molecule has 0 atom stereocenters. The fraction of sp³-hybridized carbons (Fsp3) is 0.450. The van der Waals surface area contributed by atoms with E-state index >= 15 is 0 Å². The number of ether oxygens (including phenoxy) is 1. The zero-order valence-corrected chi connectivity index (χ0v) is 18.6. The molecular weight excluding hydrogens is 451 g/mol. The molecule has 2 aliphatic rings. The van der Waals surface area contributed by atoms with Gasteiger partial charge < -0.3 is 9.64 Å². The highest BCUT2D eigenvalue weighted by molar-refractivity contribution is 7.91. The van der Waals surface area contributed by atoms with E-state index in [0.717, 1.165) is 11.3 Å². The molecule has 0 spiro atoms. The minimum absolute atomic E-state index is 0.0902. The topological polar surface area (TPSA) is 66.9 Å². The maximum absolute atomic E-state index is 13.9. The molecule has 2 fully saturated rings. The summed E-state index contributed by atoms with van der Waals surface area (Å²) in [7, 11) is -3.63. The molecule has 2 aliphatic heterocycles. The summed E-state index contributed by atoms with van der Waals surface area (Å²) in [6.45, 7) is 1.84. The number of rotatable bonds is 4. The molecule has 10 heteroatoms. The summed E-state index contributed by atoms with van der Waals surface area (Å²) in [6.07, 6.45) is 0.947. The van der Waals surface area contributed by atoms with Crippen LogP contribution in [0.15, 0.2) is 40.6 Å². The molecule has 30 heavy (non-hydrogen) atoms. The molecule has 162 valence electrons. The third-order valence-corrected chi connectivity index (χ3v) is 9.40. The van der Waals surface area contributed by atoms with Crippen molar-refractivity contribution in [3.05, 3.63) is 52.1 Å². The fourth-order valence-electron chi connectivity index (χ4n) is 4.13. The van der Waals surface area contributed by atoms with E-state index in [4.69, 9.17) is 16.3 Å². The van der Waals surface area contributed by atoms with Crippen LogP contribution in [0.2, 0.25) is 4.34 Å².